The van der Waals surface area contributed by atoms with Gasteiger partial charge in [0.2, 0.25) is 0 Å². The van der Waals surface area contributed by atoms with Gasteiger partial charge in [0.15, 0.2) is 0 Å². The van der Waals surface area contributed by atoms with Crippen LogP contribution in [-0.4, -0.2) is 17.3 Å². The first kappa shape index (κ1) is 21.7. The molecule has 2 aliphatic carbocycles. The van der Waals surface area contributed by atoms with Gasteiger partial charge in [-0.1, -0.05) is 54.1 Å². The van der Waals surface area contributed by atoms with Crippen LogP contribution >= 0.6 is 11.8 Å². The third-order valence-corrected chi connectivity index (χ3v) is 7.64. The molecule has 0 radical (unpaired) electrons. The van der Waals surface area contributed by atoms with Crippen LogP contribution in [0.25, 0.3) is 11.6 Å². The third-order valence-electron chi connectivity index (χ3n) is 6.89. The highest BCUT2D eigenvalue weighted by Crippen LogP contribution is 2.50. The van der Waals surface area contributed by atoms with Gasteiger partial charge in [-0.3, -0.25) is 4.79 Å². The highest BCUT2D eigenvalue weighted by atomic mass is 32.2. The van der Waals surface area contributed by atoms with E-state index in [0.29, 0.717) is 6.42 Å². The molecule has 3 aromatic rings. The Bertz CT molecular complexity index is 1300. The quantitative estimate of drug-likeness (QED) is 0.396. The fraction of sp³-hybridized carbons (Fsp3) is 0.207. The summed E-state index contributed by atoms with van der Waals surface area (Å²) in [6, 6.07) is 19.9. The van der Waals surface area contributed by atoms with Gasteiger partial charge >= 0.3 is 5.97 Å². The summed E-state index contributed by atoms with van der Waals surface area (Å²) in [5.41, 5.74) is 8.39. The van der Waals surface area contributed by atoms with Crippen LogP contribution in [0.5, 0.6) is 0 Å². The first-order valence-corrected chi connectivity index (χ1v) is 12.3. The Morgan fingerprint density at radius 2 is 1.76 bits per heavy atom. The highest BCUT2D eigenvalue weighted by Gasteiger charge is 2.35. The number of carboxylic acid groups (broad SMARTS) is 1. The zero-order chi connectivity index (χ0) is 23.1. The van der Waals surface area contributed by atoms with Crippen LogP contribution in [0, 0.1) is 5.82 Å². The lowest BCUT2D eigenvalue weighted by atomic mass is 9.84. The van der Waals surface area contributed by atoms with Crippen molar-refractivity contribution in [3.63, 3.8) is 0 Å². The number of carbonyl (C=O) groups is 1. The van der Waals surface area contributed by atoms with E-state index in [9.17, 15) is 14.3 Å². The molecule has 2 atom stereocenters. The lowest BCUT2D eigenvalue weighted by Crippen LogP contribution is -2.07. The average Bonchev–Trinajstić information content (AvgIpc) is 3.34. The fourth-order valence-electron chi connectivity index (χ4n) is 5.29. The van der Waals surface area contributed by atoms with E-state index in [4.69, 9.17) is 0 Å². The molecule has 4 heteroatoms. The van der Waals surface area contributed by atoms with Crippen molar-refractivity contribution in [1.29, 1.82) is 0 Å². The number of hydrogen-bond donors (Lipinski definition) is 1. The van der Waals surface area contributed by atoms with Crippen molar-refractivity contribution < 1.29 is 14.3 Å². The van der Waals surface area contributed by atoms with Gasteiger partial charge in [0.05, 0.1) is 6.42 Å². The smallest absolute Gasteiger partial charge is 0.304 e. The molecule has 0 aromatic heterocycles. The van der Waals surface area contributed by atoms with E-state index in [2.05, 4.69) is 54.8 Å². The summed E-state index contributed by atoms with van der Waals surface area (Å²) in [6.45, 7) is 2.01. The lowest BCUT2D eigenvalue weighted by molar-refractivity contribution is -0.137. The largest absolute Gasteiger partial charge is 0.481 e. The second-order valence-electron chi connectivity index (χ2n) is 8.76. The van der Waals surface area contributed by atoms with E-state index in [0.717, 1.165) is 39.0 Å². The summed E-state index contributed by atoms with van der Waals surface area (Å²) in [5, 5.41) is 9.60. The first-order chi connectivity index (χ1) is 16.0. The number of hydrogen-bond acceptors (Lipinski definition) is 2. The topological polar surface area (TPSA) is 37.3 Å². The van der Waals surface area contributed by atoms with E-state index < -0.39 is 5.97 Å². The predicted molar refractivity (Wildman–Crippen MR) is 133 cm³/mol. The molecule has 0 bridgehead atoms. The van der Waals surface area contributed by atoms with Crippen molar-refractivity contribution in [3.8, 4) is 0 Å². The number of halogens is 1. The molecule has 0 aliphatic heterocycles. The zero-order valence-corrected chi connectivity index (χ0v) is 19.5. The number of carboxylic acids is 1. The Labute approximate surface area is 197 Å². The summed E-state index contributed by atoms with van der Waals surface area (Å²) in [4.78, 5) is 12.9. The number of thioether (sulfide) groups is 1. The molecular weight excluding hydrogens is 431 g/mol. The molecule has 3 aromatic carbocycles. The van der Waals surface area contributed by atoms with Crippen molar-refractivity contribution in [2.75, 3.05) is 6.26 Å². The molecular formula is C29H25FO2S. The maximum atomic E-state index is 14.9. The molecule has 0 heterocycles. The van der Waals surface area contributed by atoms with Crippen LogP contribution < -0.4 is 0 Å². The van der Waals surface area contributed by atoms with E-state index >= 15 is 0 Å². The van der Waals surface area contributed by atoms with Crippen LogP contribution in [0.4, 0.5) is 4.39 Å². The summed E-state index contributed by atoms with van der Waals surface area (Å²) < 4.78 is 14.9. The van der Waals surface area contributed by atoms with Crippen LogP contribution in [0.1, 0.15) is 58.6 Å². The minimum Gasteiger partial charge on any atom is -0.481 e. The third kappa shape index (κ3) is 3.93. The van der Waals surface area contributed by atoms with Crippen molar-refractivity contribution >= 4 is 29.4 Å². The lowest BCUT2D eigenvalue weighted by Gasteiger charge is -2.20. The number of benzene rings is 3. The molecule has 0 spiro atoms. The van der Waals surface area contributed by atoms with Gasteiger partial charge in [-0.15, -0.1) is 11.8 Å². The normalized spacial score (nSPS) is 18.5. The van der Waals surface area contributed by atoms with Gasteiger partial charge < -0.3 is 5.11 Å². The Morgan fingerprint density at radius 3 is 2.48 bits per heavy atom. The van der Waals surface area contributed by atoms with Crippen LogP contribution in [0.2, 0.25) is 0 Å². The number of aliphatic carboxylic acids is 1. The Morgan fingerprint density at radius 1 is 1.03 bits per heavy atom. The van der Waals surface area contributed by atoms with E-state index in [1.165, 1.54) is 10.5 Å². The second kappa shape index (κ2) is 8.68. The Kier molecular flexibility index (Phi) is 5.71. The summed E-state index contributed by atoms with van der Waals surface area (Å²) >= 11 is 1.70. The average molecular weight is 457 g/mol. The molecule has 2 nitrogen and oxygen atoms in total. The molecule has 166 valence electrons. The molecule has 0 fully saturated rings. The van der Waals surface area contributed by atoms with Gasteiger partial charge in [-0.2, -0.15) is 0 Å². The van der Waals surface area contributed by atoms with Crippen molar-refractivity contribution in [1.82, 2.24) is 0 Å². The van der Waals surface area contributed by atoms with Gasteiger partial charge in [0.25, 0.3) is 0 Å². The molecule has 33 heavy (non-hydrogen) atoms. The van der Waals surface area contributed by atoms with E-state index in [1.54, 1.807) is 23.9 Å². The maximum absolute atomic E-state index is 14.9. The summed E-state index contributed by atoms with van der Waals surface area (Å²) in [6.07, 6.45) is 6.94. The maximum Gasteiger partial charge on any atom is 0.304 e. The Balaban J connectivity index is 1.66. The number of allylic oxidation sites excluding steroid dienone is 3. The van der Waals surface area contributed by atoms with Gasteiger partial charge in [0.1, 0.15) is 5.82 Å². The highest BCUT2D eigenvalue weighted by molar-refractivity contribution is 7.98. The standard InChI is InChI=1S/C29H25FO2S/c1-17-24(16-28(31)32)27-15-20(30)14-26(23-12-9-19-5-3-4-6-22(19)23)29(27)25(17)13-18-7-10-21(33-2)11-8-18/h3-12,14-15,23-24H,13,16H2,1-2H3,(H,31,32). The van der Waals surface area contributed by atoms with Crippen LogP contribution in [-0.2, 0) is 11.2 Å². The molecule has 0 saturated heterocycles. The SMILES string of the molecule is CSc1ccc(CC2=C(C)C(CC(=O)O)c3cc(F)cc(C4C=Cc5ccccc54)c32)cc1. The molecule has 2 unspecified atom stereocenters. The van der Waals surface area contributed by atoms with Crippen LogP contribution in [0.3, 0.4) is 0 Å². The van der Waals surface area contributed by atoms with Gasteiger partial charge in [-0.05, 0) is 82.8 Å². The predicted octanol–water partition coefficient (Wildman–Crippen LogP) is 7.29. The minimum absolute atomic E-state index is 0.0340. The van der Waals surface area contributed by atoms with Gasteiger partial charge in [-0.25, -0.2) is 4.39 Å². The molecule has 0 amide bonds. The first-order valence-electron chi connectivity index (χ1n) is 11.1. The number of fused-ring (bicyclic) bond motifs is 2. The van der Waals surface area contributed by atoms with E-state index in [-0.39, 0.29) is 24.1 Å². The number of rotatable bonds is 6. The molecule has 1 N–H and O–H groups in total. The summed E-state index contributed by atoms with van der Waals surface area (Å²) in [5.74, 6) is -1.54. The van der Waals surface area contributed by atoms with E-state index in [1.807, 2.05) is 19.1 Å². The molecule has 0 saturated carbocycles. The van der Waals surface area contributed by atoms with Crippen LogP contribution in [0.15, 0.2) is 77.2 Å². The monoisotopic (exact) mass is 456 g/mol. The Hall–Kier alpha value is -3.11. The fourth-order valence-corrected chi connectivity index (χ4v) is 5.70. The van der Waals surface area contributed by atoms with Crippen molar-refractivity contribution in [2.24, 2.45) is 0 Å². The second-order valence-corrected chi connectivity index (χ2v) is 9.64. The minimum atomic E-state index is -0.868. The van der Waals surface area contributed by atoms with Gasteiger partial charge in [0, 0.05) is 16.7 Å². The van der Waals surface area contributed by atoms with Crippen molar-refractivity contribution in [3.05, 3.63) is 112 Å². The molecule has 5 rings (SSSR count). The molecule has 2 aliphatic rings. The summed E-state index contributed by atoms with van der Waals surface area (Å²) in [7, 11) is 0. The van der Waals surface area contributed by atoms with Crippen molar-refractivity contribution in [2.45, 2.75) is 36.5 Å². The zero-order valence-electron chi connectivity index (χ0n) is 18.6.